The Kier molecular flexibility index (Phi) is 7.71. The van der Waals surface area contributed by atoms with Crippen LogP contribution in [0.2, 0.25) is 0 Å². The Bertz CT molecular complexity index is 1720. The number of Topliss-reactive ketones (excluding diaryl/α,β-unsaturated/α-hetero) is 1. The topological polar surface area (TPSA) is 143 Å². The van der Waals surface area contributed by atoms with Crippen LogP contribution in [0.15, 0.2) is 50.7 Å². The summed E-state index contributed by atoms with van der Waals surface area (Å²) in [6.45, 7) is 4.32. The molecule has 11 nitrogen and oxygen atoms in total. The average molecular weight is 582 g/mol. The number of carbonyl (C=O) groups is 2. The summed E-state index contributed by atoms with van der Waals surface area (Å²) in [7, 11) is 1.54. The number of rotatable bonds is 9. The molecule has 3 aromatic heterocycles. The van der Waals surface area contributed by atoms with Crippen LogP contribution in [0.5, 0.6) is 5.75 Å². The minimum absolute atomic E-state index is 0.0406. The van der Waals surface area contributed by atoms with Crippen molar-refractivity contribution in [2.24, 2.45) is 0 Å². The zero-order valence-electron chi connectivity index (χ0n) is 23.2. The largest absolute Gasteiger partial charge is 0.496 e. The first kappa shape index (κ1) is 28.5. The molecule has 12 heteroatoms. The Morgan fingerprint density at radius 2 is 1.93 bits per heavy atom. The molecule has 1 atom stereocenters. The number of ketones is 1. The van der Waals surface area contributed by atoms with Gasteiger partial charge in [0.25, 0.3) is 5.56 Å². The third-order valence-electron chi connectivity index (χ3n) is 7.60. The Balaban J connectivity index is 1.74. The van der Waals surface area contributed by atoms with E-state index in [9.17, 15) is 24.3 Å². The van der Waals surface area contributed by atoms with Gasteiger partial charge >= 0.3 is 11.7 Å². The van der Waals surface area contributed by atoms with E-state index in [1.54, 1.807) is 20.1 Å². The molecule has 0 unspecified atom stereocenters. The number of para-hydroxylation sites is 1. The Hall–Kier alpha value is -4.03. The number of carbonyl (C=O) groups excluding carboxylic acids is 1. The maximum atomic E-state index is 14.1. The molecule has 1 aromatic carbocycles. The first-order valence-corrected chi connectivity index (χ1v) is 14.1. The molecule has 41 heavy (non-hydrogen) atoms. The summed E-state index contributed by atoms with van der Waals surface area (Å²) in [6.07, 6.45) is 3.88. The fourth-order valence-electron chi connectivity index (χ4n) is 5.23. The fourth-order valence-corrected chi connectivity index (χ4v) is 6.47. The van der Waals surface area contributed by atoms with Gasteiger partial charge in [0.15, 0.2) is 0 Å². The van der Waals surface area contributed by atoms with Crippen LogP contribution in [0.3, 0.4) is 0 Å². The number of nitrogens with zero attached hydrogens (tertiary/aromatic N) is 3. The lowest BCUT2D eigenvalue weighted by atomic mass is 9.96. The molecule has 1 aliphatic carbocycles. The second-order valence-electron chi connectivity index (χ2n) is 10.6. The number of benzene rings is 1. The SMILES string of the molecule is COc1ccccc1[C@H](Cn1c(=O)n(C(C)(C)C(=O)O)c(=O)c2c(C)c(-c3ncco3)sc21)OC1CCC(=O)CC1. The number of thiophene rings is 1. The van der Waals surface area contributed by atoms with Crippen LogP contribution in [0.1, 0.15) is 56.8 Å². The van der Waals surface area contributed by atoms with Gasteiger partial charge in [-0.1, -0.05) is 18.2 Å². The van der Waals surface area contributed by atoms with Gasteiger partial charge in [-0.05, 0) is 45.2 Å². The van der Waals surface area contributed by atoms with E-state index in [2.05, 4.69) is 4.98 Å². The quantitative estimate of drug-likeness (QED) is 0.306. The number of carboxylic acids is 1. The van der Waals surface area contributed by atoms with E-state index in [1.807, 2.05) is 18.2 Å². The molecule has 0 saturated heterocycles. The minimum atomic E-state index is -1.84. The van der Waals surface area contributed by atoms with Gasteiger partial charge in [0.1, 0.15) is 34.3 Å². The minimum Gasteiger partial charge on any atom is -0.496 e. The molecule has 0 amide bonds. The van der Waals surface area contributed by atoms with Gasteiger partial charge in [0, 0.05) is 18.4 Å². The predicted molar refractivity (Wildman–Crippen MR) is 152 cm³/mol. The molecule has 4 aromatic rings. The second kappa shape index (κ2) is 11.1. The molecule has 0 bridgehead atoms. The molecule has 5 rings (SSSR count). The Labute approximate surface area is 239 Å². The van der Waals surface area contributed by atoms with Gasteiger partial charge in [0.05, 0.1) is 36.2 Å². The van der Waals surface area contributed by atoms with E-state index < -0.39 is 28.9 Å². The highest BCUT2D eigenvalue weighted by Crippen LogP contribution is 2.38. The molecule has 1 saturated carbocycles. The van der Waals surface area contributed by atoms with Crippen LogP contribution in [0.4, 0.5) is 0 Å². The van der Waals surface area contributed by atoms with E-state index >= 15 is 0 Å². The number of ether oxygens (including phenoxy) is 2. The summed E-state index contributed by atoms with van der Waals surface area (Å²) in [5, 5.41) is 10.2. The molecule has 1 aliphatic rings. The summed E-state index contributed by atoms with van der Waals surface area (Å²) in [5.41, 5.74) is -2.12. The van der Waals surface area contributed by atoms with Gasteiger partial charge in [-0.25, -0.2) is 19.1 Å². The van der Waals surface area contributed by atoms with Crippen molar-refractivity contribution < 1.29 is 28.6 Å². The zero-order valence-corrected chi connectivity index (χ0v) is 24.0. The zero-order chi connectivity index (χ0) is 29.5. The van der Waals surface area contributed by atoms with Crippen LogP contribution in [0, 0.1) is 6.92 Å². The number of aromatic nitrogens is 3. The van der Waals surface area contributed by atoms with Crippen molar-refractivity contribution in [3.63, 3.8) is 0 Å². The molecular formula is C29H31N3O8S. The van der Waals surface area contributed by atoms with E-state index in [0.717, 1.165) is 4.57 Å². The molecular weight excluding hydrogens is 550 g/mol. The number of hydrogen-bond donors (Lipinski definition) is 1. The van der Waals surface area contributed by atoms with Gasteiger partial charge in [-0.3, -0.25) is 14.2 Å². The lowest BCUT2D eigenvalue weighted by Crippen LogP contribution is -2.52. The Morgan fingerprint density at radius 1 is 1.22 bits per heavy atom. The molecule has 1 fully saturated rings. The lowest BCUT2D eigenvalue weighted by Gasteiger charge is -2.29. The van der Waals surface area contributed by atoms with Gasteiger partial charge < -0.3 is 19.0 Å². The molecule has 0 spiro atoms. The Morgan fingerprint density at radius 3 is 2.56 bits per heavy atom. The van der Waals surface area contributed by atoms with Crippen molar-refractivity contribution in [3.8, 4) is 16.5 Å². The fraction of sp³-hybridized carbons (Fsp3) is 0.414. The molecule has 0 aliphatic heterocycles. The second-order valence-corrected chi connectivity index (χ2v) is 11.6. The van der Waals surface area contributed by atoms with Gasteiger partial charge in [-0.2, -0.15) is 0 Å². The smallest absolute Gasteiger partial charge is 0.333 e. The van der Waals surface area contributed by atoms with Crippen molar-refractivity contribution >= 4 is 33.3 Å². The first-order valence-electron chi connectivity index (χ1n) is 13.3. The number of oxazole rings is 1. The number of aliphatic carboxylic acids is 1. The van der Waals surface area contributed by atoms with E-state index in [1.165, 1.54) is 42.2 Å². The molecule has 1 N–H and O–H groups in total. The maximum absolute atomic E-state index is 14.1. The highest BCUT2D eigenvalue weighted by Gasteiger charge is 2.36. The number of aryl methyl sites for hydroxylation is 1. The van der Waals surface area contributed by atoms with Crippen LogP contribution in [-0.4, -0.2) is 44.2 Å². The van der Waals surface area contributed by atoms with E-state index in [0.29, 0.717) is 52.3 Å². The normalized spacial score (nSPS) is 15.4. The standard InChI is InChI=1S/C29H31N3O8S/c1-16-22-25(34)32(29(2,3)27(35)36)28(37)31(26(22)41-23(16)24-30-13-14-39-24)15-21(19-7-5-6-8-20(19)38-4)40-18-11-9-17(33)10-12-18/h5-8,13-14,18,21H,9-12,15H2,1-4H3,(H,35,36)/t21-/m0/s1. The van der Waals surface area contributed by atoms with E-state index in [-0.39, 0.29) is 29.7 Å². The summed E-state index contributed by atoms with van der Waals surface area (Å²) < 4.78 is 19.9. The monoisotopic (exact) mass is 581 g/mol. The summed E-state index contributed by atoms with van der Waals surface area (Å²) in [5.74, 6) is -0.299. The molecule has 3 heterocycles. The van der Waals surface area contributed by atoms with Crippen molar-refractivity contribution in [1.29, 1.82) is 0 Å². The van der Waals surface area contributed by atoms with Crippen molar-refractivity contribution in [3.05, 3.63) is 68.7 Å². The highest BCUT2D eigenvalue weighted by molar-refractivity contribution is 7.22. The summed E-state index contributed by atoms with van der Waals surface area (Å²) in [4.78, 5) is 57.2. The van der Waals surface area contributed by atoms with E-state index in [4.69, 9.17) is 13.9 Å². The summed E-state index contributed by atoms with van der Waals surface area (Å²) >= 11 is 1.17. The third kappa shape index (κ3) is 5.13. The van der Waals surface area contributed by atoms with Crippen molar-refractivity contribution in [2.75, 3.05) is 7.11 Å². The maximum Gasteiger partial charge on any atom is 0.333 e. The first-order chi connectivity index (χ1) is 19.5. The van der Waals surface area contributed by atoms with Crippen LogP contribution >= 0.6 is 11.3 Å². The van der Waals surface area contributed by atoms with Crippen LogP contribution in [0.25, 0.3) is 21.0 Å². The summed E-state index contributed by atoms with van der Waals surface area (Å²) in [6, 6.07) is 7.29. The highest BCUT2D eigenvalue weighted by atomic mass is 32.1. The lowest BCUT2D eigenvalue weighted by molar-refractivity contribution is -0.146. The number of fused-ring (bicyclic) bond motifs is 1. The number of methoxy groups -OCH3 is 1. The van der Waals surface area contributed by atoms with Gasteiger partial charge in [-0.15, -0.1) is 11.3 Å². The molecule has 216 valence electrons. The van der Waals surface area contributed by atoms with Crippen LogP contribution in [-0.2, 0) is 26.4 Å². The predicted octanol–water partition coefficient (Wildman–Crippen LogP) is 4.29. The average Bonchev–Trinajstić information content (AvgIpc) is 3.59. The molecule has 0 radical (unpaired) electrons. The van der Waals surface area contributed by atoms with Crippen molar-refractivity contribution in [1.82, 2.24) is 14.1 Å². The third-order valence-corrected chi connectivity index (χ3v) is 8.91. The number of hydrogen-bond acceptors (Lipinski definition) is 9. The van der Waals surface area contributed by atoms with Gasteiger partial charge in [0.2, 0.25) is 5.89 Å². The number of carboxylic acid groups (broad SMARTS) is 1. The van der Waals surface area contributed by atoms with Crippen molar-refractivity contribution in [2.45, 2.75) is 70.7 Å². The van der Waals surface area contributed by atoms with Crippen LogP contribution < -0.4 is 16.0 Å².